The molecule has 2 aliphatic rings. The Hall–Kier alpha value is -1.83. The Bertz CT molecular complexity index is 571. The minimum absolute atomic E-state index is 0.136. The van der Waals surface area contributed by atoms with Crippen molar-refractivity contribution in [2.24, 2.45) is 5.41 Å². The predicted molar refractivity (Wildman–Crippen MR) is 87.8 cm³/mol. The number of carboxylic acid groups (broad SMARTS) is 1. The summed E-state index contributed by atoms with van der Waals surface area (Å²) >= 11 is 1.63. The normalized spacial score (nSPS) is 25.6. The average molecular weight is 338 g/mol. The summed E-state index contributed by atoms with van der Waals surface area (Å²) < 4.78 is 0. The van der Waals surface area contributed by atoms with Crippen LogP contribution in [0.2, 0.25) is 0 Å². The molecule has 2 aliphatic heterocycles. The third-order valence-corrected chi connectivity index (χ3v) is 5.62. The summed E-state index contributed by atoms with van der Waals surface area (Å²) in [6.45, 7) is 4.25. The molecule has 2 amide bonds. The number of hydrogen-bond donors (Lipinski definition) is 2. The second-order valence-corrected chi connectivity index (χ2v) is 7.44. The van der Waals surface area contributed by atoms with Crippen LogP contribution >= 0.6 is 11.3 Å². The van der Waals surface area contributed by atoms with Gasteiger partial charge in [0.2, 0.25) is 0 Å². The van der Waals surface area contributed by atoms with Crippen molar-refractivity contribution in [3.63, 3.8) is 0 Å². The Morgan fingerprint density at radius 3 is 2.70 bits per heavy atom. The first-order valence-corrected chi connectivity index (χ1v) is 8.79. The molecule has 126 valence electrons. The Morgan fingerprint density at radius 1 is 1.39 bits per heavy atom. The molecular formula is C15H22N4O3S. The lowest BCUT2D eigenvalue weighted by atomic mass is 9.90. The van der Waals surface area contributed by atoms with Crippen molar-refractivity contribution in [2.75, 3.05) is 31.1 Å². The first-order chi connectivity index (χ1) is 11.0. The van der Waals surface area contributed by atoms with Crippen molar-refractivity contribution in [2.45, 2.75) is 32.2 Å². The predicted octanol–water partition coefficient (Wildman–Crippen LogP) is 1.62. The van der Waals surface area contributed by atoms with Gasteiger partial charge in [-0.25, -0.2) is 9.78 Å². The van der Waals surface area contributed by atoms with Gasteiger partial charge in [0.25, 0.3) is 0 Å². The maximum atomic E-state index is 12.3. The summed E-state index contributed by atoms with van der Waals surface area (Å²) in [7, 11) is 0. The van der Waals surface area contributed by atoms with E-state index in [4.69, 9.17) is 0 Å². The highest BCUT2D eigenvalue weighted by molar-refractivity contribution is 7.13. The molecule has 0 bridgehead atoms. The molecule has 0 aliphatic carbocycles. The number of nitrogens with one attached hydrogen (secondary N) is 1. The summed E-state index contributed by atoms with van der Waals surface area (Å²) in [5.41, 5.74) is -0.814. The molecule has 2 N–H and O–H groups in total. The van der Waals surface area contributed by atoms with E-state index in [1.165, 1.54) is 0 Å². The van der Waals surface area contributed by atoms with Crippen LogP contribution in [0.3, 0.4) is 0 Å². The van der Waals surface area contributed by atoms with Gasteiger partial charge in [0, 0.05) is 43.8 Å². The van der Waals surface area contributed by atoms with Gasteiger partial charge in [-0.15, -0.1) is 11.3 Å². The number of anilines is 1. The van der Waals surface area contributed by atoms with Gasteiger partial charge in [-0.2, -0.15) is 0 Å². The van der Waals surface area contributed by atoms with Gasteiger partial charge in [0.05, 0.1) is 5.41 Å². The molecule has 1 aromatic heterocycles. The maximum Gasteiger partial charge on any atom is 0.317 e. The third kappa shape index (κ3) is 3.41. The number of carbonyl (C=O) groups excluding carboxylic acids is 1. The lowest BCUT2D eigenvalue weighted by Gasteiger charge is -2.33. The largest absolute Gasteiger partial charge is 0.481 e. The fourth-order valence-corrected chi connectivity index (χ4v) is 3.86. The van der Waals surface area contributed by atoms with E-state index in [2.05, 4.69) is 15.2 Å². The minimum atomic E-state index is -0.829. The first-order valence-electron chi connectivity index (χ1n) is 7.91. The molecule has 2 saturated heterocycles. The van der Waals surface area contributed by atoms with E-state index in [1.54, 1.807) is 29.4 Å². The smallest absolute Gasteiger partial charge is 0.317 e. The second-order valence-electron chi connectivity index (χ2n) is 6.56. The summed E-state index contributed by atoms with van der Waals surface area (Å²) in [4.78, 5) is 31.8. The SMILES string of the molecule is CC1(C(=O)O)CCN(C(=O)NC2CCN(c3nccs3)CC2)C1. The molecule has 1 unspecified atom stereocenters. The van der Waals surface area contributed by atoms with Crippen LogP contribution < -0.4 is 10.2 Å². The molecule has 3 heterocycles. The third-order valence-electron chi connectivity index (χ3n) is 4.79. The van der Waals surface area contributed by atoms with Gasteiger partial charge < -0.3 is 20.2 Å². The summed E-state index contributed by atoms with van der Waals surface area (Å²) in [6, 6.07) is 0.0121. The van der Waals surface area contributed by atoms with Gasteiger partial charge in [0.15, 0.2) is 5.13 Å². The topological polar surface area (TPSA) is 85.8 Å². The van der Waals surface area contributed by atoms with Crippen molar-refractivity contribution in [1.82, 2.24) is 15.2 Å². The maximum absolute atomic E-state index is 12.3. The molecule has 0 spiro atoms. The molecule has 7 nitrogen and oxygen atoms in total. The molecule has 1 atom stereocenters. The Kier molecular flexibility index (Phi) is 4.43. The van der Waals surface area contributed by atoms with Gasteiger partial charge >= 0.3 is 12.0 Å². The Labute approximate surface area is 139 Å². The molecular weight excluding hydrogens is 316 g/mol. The number of piperidine rings is 1. The number of amides is 2. The van der Waals surface area contributed by atoms with Crippen LogP contribution in [0.5, 0.6) is 0 Å². The number of carboxylic acids is 1. The quantitative estimate of drug-likeness (QED) is 0.875. The highest BCUT2D eigenvalue weighted by Crippen LogP contribution is 2.30. The number of urea groups is 1. The molecule has 8 heteroatoms. The zero-order chi connectivity index (χ0) is 16.4. The van der Waals surface area contributed by atoms with Crippen LogP contribution in [0.25, 0.3) is 0 Å². The molecule has 0 saturated carbocycles. The van der Waals surface area contributed by atoms with Crippen molar-refractivity contribution in [3.05, 3.63) is 11.6 Å². The van der Waals surface area contributed by atoms with E-state index in [0.29, 0.717) is 13.0 Å². The van der Waals surface area contributed by atoms with Crippen molar-refractivity contribution < 1.29 is 14.7 Å². The summed E-state index contributed by atoms with van der Waals surface area (Å²) in [6.07, 6.45) is 4.09. The fraction of sp³-hybridized carbons (Fsp3) is 0.667. The Balaban J connectivity index is 1.48. The zero-order valence-corrected chi connectivity index (χ0v) is 14.0. The number of nitrogens with zero attached hydrogens (tertiary/aromatic N) is 3. The van der Waals surface area contributed by atoms with Crippen LogP contribution in [0.4, 0.5) is 9.93 Å². The lowest BCUT2D eigenvalue weighted by Crippen LogP contribution is -2.49. The standard InChI is InChI=1S/C15H22N4O3S/c1-15(12(20)21)4-8-19(10-15)13(22)17-11-2-6-18(7-3-11)14-16-5-9-23-14/h5,9,11H,2-4,6-8,10H2,1H3,(H,17,22)(H,20,21). The van der Waals surface area contributed by atoms with Crippen molar-refractivity contribution in [3.8, 4) is 0 Å². The molecule has 2 fully saturated rings. The average Bonchev–Trinajstić information content (AvgIpc) is 3.18. The number of thiazole rings is 1. The molecule has 23 heavy (non-hydrogen) atoms. The zero-order valence-electron chi connectivity index (χ0n) is 13.2. The van der Waals surface area contributed by atoms with Crippen LogP contribution in [0, 0.1) is 5.41 Å². The summed E-state index contributed by atoms with van der Waals surface area (Å²) in [5.74, 6) is -0.829. The minimum Gasteiger partial charge on any atom is -0.481 e. The number of rotatable bonds is 3. The number of likely N-dealkylation sites (tertiary alicyclic amines) is 1. The van der Waals surface area contributed by atoms with E-state index in [9.17, 15) is 14.7 Å². The highest BCUT2D eigenvalue weighted by Gasteiger charge is 2.42. The van der Waals surface area contributed by atoms with Gasteiger partial charge in [0.1, 0.15) is 0 Å². The van der Waals surface area contributed by atoms with E-state index < -0.39 is 11.4 Å². The van der Waals surface area contributed by atoms with Gasteiger partial charge in [-0.3, -0.25) is 4.79 Å². The lowest BCUT2D eigenvalue weighted by molar-refractivity contribution is -0.146. The van der Waals surface area contributed by atoms with Crippen molar-refractivity contribution >= 4 is 28.5 Å². The van der Waals surface area contributed by atoms with Crippen LogP contribution in [0.1, 0.15) is 26.2 Å². The van der Waals surface area contributed by atoms with Crippen molar-refractivity contribution in [1.29, 1.82) is 0 Å². The molecule has 0 radical (unpaired) electrons. The Morgan fingerprint density at radius 2 is 2.13 bits per heavy atom. The van der Waals surface area contributed by atoms with Crippen LogP contribution in [0.15, 0.2) is 11.6 Å². The number of aliphatic carboxylic acids is 1. The molecule has 1 aromatic rings. The van der Waals surface area contributed by atoms with Crippen LogP contribution in [-0.2, 0) is 4.79 Å². The second kappa shape index (κ2) is 6.35. The highest BCUT2D eigenvalue weighted by atomic mass is 32.1. The number of aromatic nitrogens is 1. The fourth-order valence-electron chi connectivity index (χ4n) is 3.16. The summed E-state index contributed by atoms with van der Waals surface area (Å²) in [5, 5.41) is 15.3. The van der Waals surface area contributed by atoms with E-state index in [0.717, 1.165) is 31.1 Å². The van der Waals surface area contributed by atoms with Gasteiger partial charge in [-0.05, 0) is 26.2 Å². The van der Waals surface area contributed by atoms with Gasteiger partial charge in [-0.1, -0.05) is 0 Å². The van der Waals surface area contributed by atoms with E-state index in [-0.39, 0.29) is 18.6 Å². The van der Waals surface area contributed by atoms with E-state index in [1.807, 2.05) is 5.38 Å². The van der Waals surface area contributed by atoms with Crippen LogP contribution in [-0.4, -0.2) is 59.2 Å². The first kappa shape index (κ1) is 16.0. The number of hydrogen-bond acceptors (Lipinski definition) is 5. The molecule has 3 rings (SSSR count). The number of carbonyl (C=O) groups is 2. The monoisotopic (exact) mass is 338 g/mol. The molecule has 0 aromatic carbocycles. The van der Waals surface area contributed by atoms with E-state index >= 15 is 0 Å².